The molecular weight excluding hydrogens is 322 g/mol. The lowest BCUT2D eigenvalue weighted by Crippen LogP contribution is -2.44. The molecule has 0 N–H and O–H groups in total. The molecule has 2 aromatic rings. The van der Waals surface area contributed by atoms with E-state index in [1.165, 1.54) is 29.7 Å². The number of rotatable bonds is 4. The Hall–Kier alpha value is -1.98. The van der Waals surface area contributed by atoms with E-state index in [1.807, 2.05) is 12.4 Å². The van der Waals surface area contributed by atoms with Gasteiger partial charge in [-0.15, -0.1) is 0 Å². The normalized spacial score (nSPS) is 21.0. The van der Waals surface area contributed by atoms with Crippen molar-refractivity contribution < 1.29 is 0 Å². The SMILES string of the molecule is CN1CCN(c2cc(CN(C)C3CCCc4cccnc43)ccn2)CC1. The van der Waals surface area contributed by atoms with Crippen molar-refractivity contribution in [3.63, 3.8) is 0 Å². The Bertz CT molecular complexity index is 739. The number of fused-ring (bicyclic) bond motifs is 1. The van der Waals surface area contributed by atoms with Crippen molar-refractivity contribution in [3.05, 3.63) is 53.5 Å². The highest BCUT2D eigenvalue weighted by molar-refractivity contribution is 5.41. The summed E-state index contributed by atoms with van der Waals surface area (Å²) in [5.74, 6) is 1.12. The zero-order valence-corrected chi connectivity index (χ0v) is 15.9. The van der Waals surface area contributed by atoms with Crippen molar-refractivity contribution in [2.45, 2.75) is 31.8 Å². The summed E-state index contributed by atoms with van der Waals surface area (Å²) >= 11 is 0. The minimum absolute atomic E-state index is 0.417. The number of hydrogen-bond donors (Lipinski definition) is 0. The van der Waals surface area contributed by atoms with Gasteiger partial charge in [-0.25, -0.2) is 4.98 Å². The Kier molecular flexibility index (Phi) is 5.18. The highest BCUT2D eigenvalue weighted by Gasteiger charge is 2.25. The lowest BCUT2D eigenvalue weighted by molar-refractivity contribution is 0.208. The molecule has 3 heterocycles. The molecule has 0 spiro atoms. The van der Waals surface area contributed by atoms with E-state index < -0.39 is 0 Å². The third-order valence-corrected chi connectivity index (χ3v) is 5.77. The van der Waals surface area contributed by atoms with Gasteiger partial charge in [-0.2, -0.15) is 0 Å². The maximum absolute atomic E-state index is 4.69. The first-order valence-electron chi connectivity index (χ1n) is 9.73. The van der Waals surface area contributed by atoms with E-state index in [-0.39, 0.29) is 0 Å². The quantitative estimate of drug-likeness (QED) is 0.846. The van der Waals surface area contributed by atoms with Crippen molar-refractivity contribution in [2.75, 3.05) is 45.2 Å². The Morgan fingerprint density at radius 2 is 1.96 bits per heavy atom. The minimum atomic E-state index is 0.417. The molecule has 0 saturated carbocycles. The van der Waals surface area contributed by atoms with Gasteiger partial charge in [0.05, 0.1) is 11.7 Å². The maximum Gasteiger partial charge on any atom is 0.128 e. The molecule has 1 aliphatic carbocycles. The van der Waals surface area contributed by atoms with Crippen LogP contribution in [0.5, 0.6) is 0 Å². The van der Waals surface area contributed by atoms with Gasteiger partial charge in [0, 0.05) is 45.1 Å². The third kappa shape index (κ3) is 3.74. The predicted molar refractivity (Wildman–Crippen MR) is 105 cm³/mol. The fourth-order valence-electron chi connectivity index (χ4n) is 4.18. The summed E-state index contributed by atoms with van der Waals surface area (Å²) in [7, 11) is 4.41. The first kappa shape index (κ1) is 17.4. The number of aryl methyl sites for hydroxylation is 1. The smallest absolute Gasteiger partial charge is 0.128 e. The minimum Gasteiger partial charge on any atom is -0.354 e. The lowest BCUT2D eigenvalue weighted by Gasteiger charge is -2.34. The zero-order valence-electron chi connectivity index (χ0n) is 15.9. The lowest BCUT2D eigenvalue weighted by atomic mass is 9.91. The Balaban J connectivity index is 1.47. The molecular formula is C21H29N5. The van der Waals surface area contributed by atoms with Gasteiger partial charge in [0.1, 0.15) is 5.82 Å². The van der Waals surface area contributed by atoms with E-state index in [9.17, 15) is 0 Å². The number of nitrogens with zero attached hydrogens (tertiary/aromatic N) is 5. The molecule has 0 radical (unpaired) electrons. The molecule has 1 atom stereocenters. The van der Waals surface area contributed by atoms with Crippen molar-refractivity contribution in [3.8, 4) is 0 Å². The van der Waals surface area contributed by atoms with Crippen LogP contribution in [0.25, 0.3) is 0 Å². The summed E-state index contributed by atoms with van der Waals surface area (Å²) in [6.45, 7) is 5.27. The number of piperazine rings is 1. The molecule has 0 amide bonds. The average Bonchev–Trinajstić information content (AvgIpc) is 2.68. The van der Waals surface area contributed by atoms with E-state index in [0.29, 0.717) is 6.04 Å². The molecule has 2 aromatic heterocycles. The van der Waals surface area contributed by atoms with Crippen molar-refractivity contribution in [1.82, 2.24) is 19.8 Å². The van der Waals surface area contributed by atoms with Crippen LogP contribution in [0.1, 0.15) is 35.7 Å². The van der Waals surface area contributed by atoms with Gasteiger partial charge in [-0.05, 0) is 62.7 Å². The second-order valence-corrected chi connectivity index (χ2v) is 7.68. The molecule has 5 nitrogen and oxygen atoms in total. The molecule has 2 aliphatic rings. The molecule has 1 fully saturated rings. The maximum atomic E-state index is 4.69. The van der Waals surface area contributed by atoms with Crippen molar-refractivity contribution in [1.29, 1.82) is 0 Å². The molecule has 26 heavy (non-hydrogen) atoms. The van der Waals surface area contributed by atoms with Gasteiger partial charge in [0.25, 0.3) is 0 Å². The van der Waals surface area contributed by atoms with Crippen LogP contribution in [-0.4, -0.2) is 60.0 Å². The molecule has 4 rings (SSSR count). The van der Waals surface area contributed by atoms with Crippen LogP contribution in [0.3, 0.4) is 0 Å². The van der Waals surface area contributed by atoms with Gasteiger partial charge in [0.2, 0.25) is 0 Å². The van der Waals surface area contributed by atoms with E-state index >= 15 is 0 Å². The van der Waals surface area contributed by atoms with Crippen LogP contribution in [0.2, 0.25) is 0 Å². The standard InChI is InChI=1S/C21H29N5/c1-24-11-13-26(14-12-24)20-15-17(8-10-22-20)16-25(2)19-7-3-5-18-6-4-9-23-21(18)19/h4,6,8-10,15,19H,3,5,7,11-14,16H2,1-2H3. The van der Waals surface area contributed by atoms with Crippen LogP contribution >= 0.6 is 0 Å². The summed E-state index contributed by atoms with van der Waals surface area (Å²) in [4.78, 5) is 16.5. The molecule has 1 unspecified atom stereocenters. The van der Waals surface area contributed by atoms with Gasteiger partial charge < -0.3 is 9.80 Å². The average molecular weight is 351 g/mol. The summed E-state index contributed by atoms with van der Waals surface area (Å²) in [5.41, 5.74) is 4.03. The number of pyridine rings is 2. The van der Waals surface area contributed by atoms with E-state index in [0.717, 1.165) is 45.0 Å². The highest BCUT2D eigenvalue weighted by atomic mass is 15.3. The van der Waals surface area contributed by atoms with Gasteiger partial charge in [0.15, 0.2) is 0 Å². The number of aromatic nitrogens is 2. The van der Waals surface area contributed by atoms with Gasteiger partial charge >= 0.3 is 0 Å². The topological polar surface area (TPSA) is 35.5 Å². The number of hydrogen-bond acceptors (Lipinski definition) is 5. The fourth-order valence-corrected chi connectivity index (χ4v) is 4.18. The monoisotopic (exact) mass is 351 g/mol. The molecule has 0 bridgehead atoms. The Labute approximate surface area is 156 Å². The number of likely N-dealkylation sites (N-methyl/N-ethyl adjacent to an activating group) is 1. The third-order valence-electron chi connectivity index (χ3n) is 5.77. The molecule has 0 aromatic carbocycles. The molecule has 1 aliphatic heterocycles. The van der Waals surface area contributed by atoms with E-state index in [2.05, 4.69) is 58.0 Å². The zero-order chi connectivity index (χ0) is 17.9. The highest BCUT2D eigenvalue weighted by Crippen LogP contribution is 2.32. The Morgan fingerprint density at radius 1 is 1.12 bits per heavy atom. The van der Waals surface area contributed by atoms with Crippen molar-refractivity contribution >= 4 is 5.82 Å². The van der Waals surface area contributed by atoms with E-state index in [4.69, 9.17) is 4.98 Å². The predicted octanol–water partition coefficient (Wildman–Crippen LogP) is 2.74. The summed E-state index contributed by atoms with van der Waals surface area (Å²) < 4.78 is 0. The van der Waals surface area contributed by atoms with Crippen LogP contribution in [0.4, 0.5) is 5.82 Å². The number of anilines is 1. The van der Waals surface area contributed by atoms with Crippen LogP contribution in [0, 0.1) is 0 Å². The van der Waals surface area contributed by atoms with Crippen LogP contribution in [-0.2, 0) is 13.0 Å². The summed E-state index contributed by atoms with van der Waals surface area (Å²) in [5, 5.41) is 0. The molecule has 138 valence electrons. The van der Waals surface area contributed by atoms with E-state index in [1.54, 1.807) is 0 Å². The molecule has 5 heteroatoms. The Morgan fingerprint density at radius 3 is 2.81 bits per heavy atom. The van der Waals surface area contributed by atoms with Crippen LogP contribution in [0.15, 0.2) is 36.7 Å². The summed E-state index contributed by atoms with van der Waals surface area (Å²) in [6, 6.07) is 9.13. The second kappa shape index (κ2) is 7.72. The fraction of sp³-hybridized carbons (Fsp3) is 0.524. The van der Waals surface area contributed by atoms with Crippen LogP contribution < -0.4 is 4.90 Å². The second-order valence-electron chi connectivity index (χ2n) is 7.68. The first-order valence-corrected chi connectivity index (χ1v) is 9.73. The largest absolute Gasteiger partial charge is 0.354 e. The van der Waals surface area contributed by atoms with Gasteiger partial charge in [-0.1, -0.05) is 6.07 Å². The first-order chi connectivity index (χ1) is 12.7. The summed E-state index contributed by atoms with van der Waals surface area (Å²) in [6.07, 6.45) is 7.50. The van der Waals surface area contributed by atoms with Crippen molar-refractivity contribution in [2.24, 2.45) is 0 Å². The molecule has 1 saturated heterocycles. The van der Waals surface area contributed by atoms with Gasteiger partial charge in [-0.3, -0.25) is 9.88 Å².